The molecule has 0 fully saturated rings. The molecule has 0 aliphatic carbocycles. The fourth-order valence-electron chi connectivity index (χ4n) is 1.18. The molecular weight excluding hydrogens is 216 g/mol. The largest absolute Gasteiger partial charge is 0.478 e. The average Bonchev–Trinajstić information content (AvgIpc) is 2.26. The van der Waals surface area contributed by atoms with Crippen LogP contribution >= 0.6 is 0 Å². The Labute approximate surface area is 102 Å². The van der Waals surface area contributed by atoms with Gasteiger partial charge >= 0.3 is 5.97 Å². The van der Waals surface area contributed by atoms with Gasteiger partial charge in [0.1, 0.15) is 5.82 Å². The summed E-state index contributed by atoms with van der Waals surface area (Å²) in [5.41, 5.74) is 0.394. The Bertz CT molecular complexity index is 400. The first-order chi connectivity index (χ1) is 7.83. The lowest BCUT2D eigenvalue weighted by atomic mass is 9.81. The van der Waals surface area contributed by atoms with Crippen LogP contribution in [0.5, 0.6) is 0 Å². The molecule has 0 aliphatic heterocycles. The highest BCUT2D eigenvalue weighted by atomic mass is 16.4. The van der Waals surface area contributed by atoms with Crippen molar-refractivity contribution in [2.75, 3.05) is 11.9 Å². The zero-order valence-electron chi connectivity index (χ0n) is 10.8. The molecule has 94 valence electrons. The Hall–Kier alpha value is -1.58. The van der Waals surface area contributed by atoms with Crippen LogP contribution in [-0.2, 0) is 0 Å². The minimum atomic E-state index is -0.932. The second-order valence-electron chi connectivity index (χ2n) is 5.23. The second kappa shape index (κ2) is 5.17. The summed E-state index contributed by atoms with van der Waals surface area (Å²) in [5.74, 6) is 0.217. The molecule has 0 spiro atoms. The number of rotatable bonds is 5. The molecule has 0 saturated carbocycles. The van der Waals surface area contributed by atoms with E-state index < -0.39 is 5.97 Å². The van der Waals surface area contributed by atoms with Crippen LogP contribution < -0.4 is 5.32 Å². The predicted molar refractivity (Wildman–Crippen MR) is 68.3 cm³/mol. The molecule has 0 bridgehead atoms. The molecule has 4 nitrogen and oxygen atoms in total. The maximum Gasteiger partial charge on any atom is 0.335 e. The van der Waals surface area contributed by atoms with Gasteiger partial charge in [-0.25, -0.2) is 9.78 Å². The first-order valence-electron chi connectivity index (χ1n) is 5.76. The molecule has 0 radical (unpaired) electrons. The average molecular weight is 236 g/mol. The number of carboxylic acid groups (broad SMARTS) is 1. The van der Waals surface area contributed by atoms with Gasteiger partial charge in [-0.05, 0) is 23.5 Å². The zero-order chi connectivity index (χ0) is 13.1. The van der Waals surface area contributed by atoms with Crippen molar-refractivity contribution in [1.82, 2.24) is 4.98 Å². The number of hydrogen-bond acceptors (Lipinski definition) is 3. The Morgan fingerprint density at radius 3 is 2.71 bits per heavy atom. The van der Waals surface area contributed by atoms with E-state index in [1.165, 1.54) is 12.3 Å². The van der Waals surface area contributed by atoms with Gasteiger partial charge in [0.05, 0.1) is 5.56 Å². The fourth-order valence-corrected chi connectivity index (χ4v) is 1.18. The van der Waals surface area contributed by atoms with Crippen molar-refractivity contribution < 1.29 is 9.90 Å². The number of aromatic nitrogens is 1. The third-order valence-corrected chi connectivity index (χ3v) is 3.29. The highest BCUT2D eigenvalue weighted by molar-refractivity contribution is 5.88. The van der Waals surface area contributed by atoms with Gasteiger partial charge in [0, 0.05) is 12.7 Å². The summed E-state index contributed by atoms with van der Waals surface area (Å²) in [4.78, 5) is 14.9. The third kappa shape index (κ3) is 3.73. The molecule has 0 aliphatic rings. The van der Waals surface area contributed by atoms with E-state index in [-0.39, 0.29) is 11.0 Å². The van der Waals surface area contributed by atoms with Crippen molar-refractivity contribution in [3.8, 4) is 0 Å². The molecular formula is C13H20N2O2. The van der Waals surface area contributed by atoms with Gasteiger partial charge in [-0.3, -0.25) is 0 Å². The van der Waals surface area contributed by atoms with Crippen LogP contribution in [-0.4, -0.2) is 22.6 Å². The minimum absolute atomic E-state index is 0.140. The highest BCUT2D eigenvalue weighted by Crippen LogP contribution is 2.26. The molecule has 2 N–H and O–H groups in total. The van der Waals surface area contributed by atoms with E-state index in [0.717, 1.165) is 6.54 Å². The summed E-state index contributed by atoms with van der Waals surface area (Å²) < 4.78 is 0. The summed E-state index contributed by atoms with van der Waals surface area (Å²) in [6, 6.07) is 3.04. The minimum Gasteiger partial charge on any atom is -0.478 e. The quantitative estimate of drug-likeness (QED) is 0.825. The molecule has 17 heavy (non-hydrogen) atoms. The number of carboxylic acids is 1. The maximum absolute atomic E-state index is 10.8. The lowest BCUT2D eigenvalue weighted by molar-refractivity contribution is 0.0697. The Morgan fingerprint density at radius 1 is 1.53 bits per heavy atom. The number of anilines is 1. The molecule has 1 aromatic heterocycles. The number of carbonyl (C=O) groups is 1. The Kier molecular flexibility index (Phi) is 4.10. The monoisotopic (exact) mass is 236 g/mol. The molecule has 1 rings (SSSR count). The summed E-state index contributed by atoms with van der Waals surface area (Å²) in [5, 5.41) is 12.1. The van der Waals surface area contributed by atoms with E-state index in [0.29, 0.717) is 11.7 Å². The van der Waals surface area contributed by atoms with Crippen molar-refractivity contribution in [2.45, 2.75) is 27.7 Å². The van der Waals surface area contributed by atoms with Crippen LogP contribution in [0.1, 0.15) is 38.1 Å². The SMILES string of the molecule is CC(C)C(C)(C)CNc1cc(C(=O)O)ccn1. The molecule has 0 amide bonds. The van der Waals surface area contributed by atoms with Crippen molar-refractivity contribution >= 4 is 11.8 Å². The van der Waals surface area contributed by atoms with E-state index >= 15 is 0 Å². The second-order valence-corrected chi connectivity index (χ2v) is 5.23. The number of nitrogens with one attached hydrogen (secondary N) is 1. The normalized spacial score (nSPS) is 11.6. The summed E-state index contributed by atoms with van der Waals surface area (Å²) in [6.45, 7) is 9.45. The third-order valence-electron chi connectivity index (χ3n) is 3.29. The summed E-state index contributed by atoms with van der Waals surface area (Å²) in [6.07, 6.45) is 1.51. The molecule has 0 atom stereocenters. The van der Waals surface area contributed by atoms with Crippen molar-refractivity contribution in [3.05, 3.63) is 23.9 Å². The van der Waals surface area contributed by atoms with Gasteiger partial charge in [0.25, 0.3) is 0 Å². The Balaban J connectivity index is 2.70. The first kappa shape index (κ1) is 13.5. The van der Waals surface area contributed by atoms with E-state index in [2.05, 4.69) is 38.0 Å². The van der Waals surface area contributed by atoms with Gasteiger partial charge < -0.3 is 10.4 Å². The van der Waals surface area contributed by atoms with Crippen LogP contribution in [0.3, 0.4) is 0 Å². The van der Waals surface area contributed by atoms with Gasteiger partial charge in [0.2, 0.25) is 0 Å². The standard InChI is InChI=1S/C13H20N2O2/c1-9(2)13(3,4)8-15-11-7-10(12(16)17)5-6-14-11/h5-7,9H,8H2,1-4H3,(H,14,15)(H,16,17). The van der Waals surface area contributed by atoms with Crippen molar-refractivity contribution in [3.63, 3.8) is 0 Å². The fraction of sp³-hybridized carbons (Fsp3) is 0.538. The van der Waals surface area contributed by atoms with Crippen molar-refractivity contribution in [1.29, 1.82) is 0 Å². The number of pyridine rings is 1. The number of nitrogens with zero attached hydrogens (tertiary/aromatic N) is 1. The van der Waals surface area contributed by atoms with Crippen LogP contribution in [0, 0.1) is 11.3 Å². The zero-order valence-corrected chi connectivity index (χ0v) is 10.8. The van der Waals surface area contributed by atoms with Crippen LogP contribution in [0.4, 0.5) is 5.82 Å². The van der Waals surface area contributed by atoms with Gasteiger partial charge in [-0.15, -0.1) is 0 Å². The molecule has 0 saturated heterocycles. The lowest BCUT2D eigenvalue weighted by Gasteiger charge is -2.29. The van der Waals surface area contributed by atoms with Gasteiger partial charge in [-0.1, -0.05) is 27.7 Å². The molecule has 0 unspecified atom stereocenters. The number of hydrogen-bond donors (Lipinski definition) is 2. The van der Waals surface area contributed by atoms with Crippen LogP contribution in [0.15, 0.2) is 18.3 Å². The van der Waals surface area contributed by atoms with E-state index in [9.17, 15) is 4.79 Å². The Morgan fingerprint density at radius 2 is 2.18 bits per heavy atom. The molecule has 0 aromatic carbocycles. The maximum atomic E-state index is 10.8. The van der Waals surface area contributed by atoms with E-state index in [1.54, 1.807) is 6.07 Å². The smallest absolute Gasteiger partial charge is 0.335 e. The van der Waals surface area contributed by atoms with E-state index in [4.69, 9.17) is 5.11 Å². The predicted octanol–water partition coefficient (Wildman–Crippen LogP) is 2.87. The van der Waals surface area contributed by atoms with Gasteiger partial charge in [0.15, 0.2) is 0 Å². The van der Waals surface area contributed by atoms with Crippen molar-refractivity contribution in [2.24, 2.45) is 11.3 Å². The van der Waals surface area contributed by atoms with Gasteiger partial charge in [-0.2, -0.15) is 0 Å². The van der Waals surface area contributed by atoms with Crippen LogP contribution in [0.2, 0.25) is 0 Å². The number of aromatic carboxylic acids is 1. The molecule has 1 aromatic rings. The lowest BCUT2D eigenvalue weighted by Crippen LogP contribution is -2.28. The highest BCUT2D eigenvalue weighted by Gasteiger charge is 2.22. The topological polar surface area (TPSA) is 62.2 Å². The first-order valence-corrected chi connectivity index (χ1v) is 5.76. The summed E-state index contributed by atoms with van der Waals surface area (Å²) >= 11 is 0. The molecule has 1 heterocycles. The molecule has 4 heteroatoms. The summed E-state index contributed by atoms with van der Waals surface area (Å²) in [7, 11) is 0. The van der Waals surface area contributed by atoms with Crippen LogP contribution in [0.25, 0.3) is 0 Å². The van der Waals surface area contributed by atoms with E-state index in [1.807, 2.05) is 0 Å².